The number of aryl methyl sites for hydroxylation is 2. The zero-order chi connectivity index (χ0) is 22.7. The van der Waals surface area contributed by atoms with Crippen molar-refractivity contribution in [2.75, 3.05) is 13.1 Å². The van der Waals surface area contributed by atoms with Crippen LogP contribution in [0.5, 0.6) is 0 Å². The topological polar surface area (TPSA) is 80.0 Å². The van der Waals surface area contributed by atoms with Crippen molar-refractivity contribution in [1.29, 1.82) is 0 Å². The van der Waals surface area contributed by atoms with Crippen LogP contribution in [0.15, 0.2) is 48.3 Å². The van der Waals surface area contributed by atoms with Crippen LogP contribution in [0.3, 0.4) is 0 Å². The Balaban J connectivity index is 1.36. The lowest BCUT2D eigenvalue weighted by molar-refractivity contribution is -0.155. The monoisotopic (exact) mass is 436 g/mol. The summed E-state index contributed by atoms with van der Waals surface area (Å²) in [5, 5.41) is 18.9. The first-order chi connectivity index (χ1) is 15.4. The molecule has 1 saturated heterocycles. The molecule has 2 aliphatic heterocycles. The van der Waals surface area contributed by atoms with Gasteiger partial charge in [-0.2, -0.15) is 5.10 Å². The van der Waals surface area contributed by atoms with Crippen molar-refractivity contribution in [1.82, 2.24) is 14.7 Å². The van der Waals surface area contributed by atoms with E-state index in [1.165, 1.54) is 5.56 Å². The predicted molar refractivity (Wildman–Crippen MR) is 124 cm³/mol. The van der Waals surface area contributed by atoms with Crippen LogP contribution in [0.2, 0.25) is 0 Å². The molecule has 0 bridgehead atoms. The molecule has 1 N–H and O–H groups in total. The molecule has 1 fully saturated rings. The maximum Gasteiger partial charge on any atom is 0.309 e. The molecule has 2 aromatic rings. The van der Waals surface area contributed by atoms with Crippen LogP contribution in [-0.2, 0) is 22.7 Å². The van der Waals surface area contributed by atoms with Crippen LogP contribution in [-0.4, -0.2) is 50.7 Å². The normalized spacial score (nSPS) is 20.6. The van der Waals surface area contributed by atoms with Crippen LogP contribution in [0.1, 0.15) is 48.1 Å². The Kier molecular flexibility index (Phi) is 6.46. The Morgan fingerprint density at radius 1 is 1.31 bits per heavy atom. The van der Waals surface area contributed by atoms with Crippen molar-refractivity contribution in [3.8, 4) is 0 Å². The Labute approximate surface area is 189 Å². The Hall–Kier alpha value is -2.93. The van der Waals surface area contributed by atoms with Gasteiger partial charge in [-0.05, 0) is 45.3 Å². The van der Waals surface area contributed by atoms with Gasteiger partial charge in [-0.1, -0.05) is 35.5 Å². The van der Waals surface area contributed by atoms with Crippen LogP contribution in [0.25, 0.3) is 0 Å². The van der Waals surface area contributed by atoms with Gasteiger partial charge in [0.05, 0.1) is 23.4 Å². The van der Waals surface area contributed by atoms with Gasteiger partial charge in [0.25, 0.3) is 0 Å². The number of carbonyl (C=O) groups is 1. The summed E-state index contributed by atoms with van der Waals surface area (Å²) < 4.78 is 1.90. The highest BCUT2D eigenvalue weighted by atomic mass is 16.6. The van der Waals surface area contributed by atoms with Crippen molar-refractivity contribution >= 4 is 11.7 Å². The Morgan fingerprint density at radius 3 is 2.75 bits per heavy atom. The first-order valence-corrected chi connectivity index (χ1v) is 11.3. The highest BCUT2D eigenvalue weighted by Crippen LogP contribution is 2.39. The molecular weight excluding hydrogens is 404 g/mol. The predicted octanol–water partition coefficient (Wildman–Crippen LogP) is 3.94. The van der Waals surface area contributed by atoms with Gasteiger partial charge in [-0.25, -0.2) is 0 Å². The summed E-state index contributed by atoms with van der Waals surface area (Å²) in [7, 11) is 0. The van der Waals surface area contributed by atoms with Gasteiger partial charge in [0.15, 0.2) is 0 Å². The number of hydrogen-bond acceptors (Lipinski definition) is 5. The molecule has 1 unspecified atom stereocenters. The molecule has 7 nitrogen and oxygen atoms in total. The maximum atomic E-state index is 12.3. The minimum Gasteiger partial charge on any atom is -0.481 e. The molecule has 0 spiro atoms. The van der Waals surface area contributed by atoms with Crippen LogP contribution in [0.4, 0.5) is 0 Å². The Morgan fingerprint density at radius 2 is 2.06 bits per heavy atom. The molecule has 1 atom stereocenters. The molecule has 32 heavy (non-hydrogen) atoms. The Bertz CT molecular complexity index is 1020. The van der Waals surface area contributed by atoms with Crippen LogP contribution < -0.4 is 0 Å². The minimum absolute atomic E-state index is 0.188. The van der Waals surface area contributed by atoms with E-state index in [1.807, 2.05) is 35.9 Å². The van der Waals surface area contributed by atoms with Crippen LogP contribution in [0, 0.1) is 19.3 Å². The van der Waals surface area contributed by atoms with Crippen molar-refractivity contribution in [2.24, 2.45) is 10.6 Å². The van der Waals surface area contributed by atoms with E-state index in [4.69, 9.17) is 4.84 Å². The molecule has 170 valence electrons. The average Bonchev–Trinajstić information content (AvgIpc) is 3.36. The van der Waals surface area contributed by atoms with Gasteiger partial charge in [0, 0.05) is 36.7 Å². The number of benzene rings is 1. The standard InChI is InChI=1S/C25H32N4O3/c1-4-11-29-17-20(19(3)26-29)16-28-12-9-25(10-13-28,24(30)31)15-21-14-23(27-32-21)22-8-6-5-7-18(22)2/h4-8,17,21H,1,9-16H2,2-3H3,(H,30,31). The number of likely N-dealkylation sites (tertiary alicyclic amines) is 1. The lowest BCUT2D eigenvalue weighted by atomic mass is 9.73. The van der Waals surface area contributed by atoms with Gasteiger partial charge in [-0.3, -0.25) is 14.4 Å². The van der Waals surface area contributed by atoms with E-state index < -0.39 is 11.4 Å². The summed E-state index contributed by atoms with van der Waals surface area (Å²) in [5.74, 6) is -0.722. The molecule has 1 aromatic carbocycles. The van der Waals surface area contributed by atoms with E-state index in [9.17, 15) is 9.90 Å². The zero-order valence-corrected chi connectivity index (χ0v) is 19.0. The largest absolute Gasteiger partial charge is 0.481 e. The summed E-state index contributed by atoms with van der Waals surface area (Å²) in [6, 6.07) is 8.11. The number of allylic oxidation sites excluding steroid dienone is 1. The van der Waals surface area contributed by atoms with Crippen molar-refractivity contribution in [3.63, 3.8) is 0 Å². The summed E-state index contributed by atoms with van der Waals surface area (Å²) in [5.41, 5.74) is 4.59. The number of carboxylic acids is 1. The molecule has 2 aliphatic rings. The number of rotatable bonds is 8. The molecular formula is C25H32N4O3. The number of aromatic nitrogens is 2. The van der Waals surface area contributed by atoms with Crippen molar-refractivity contribution < 1.29 is 14.7 Å². The smallest absolute Gasteiger partial charge is 0.309 e. The van der Waals surface area contributed by atoms with Gasteiger partial charge in [0.2, 0.25) is 0 Å². The fraction of sp³-hybridized carbons (Fsp3) is 0.480. The fourth-order valence-corrected chi connectivity index (χ4v) is 4.85. The second-order valence-electron chi connectivity index (χ2n) is 9.10. The highest BCUT2D eigenvalue weighted by Gasteiger charge is 2.45. The van der Waals surface area contributed by atoms with Gasteiger partial charge < -0.3 is 9.94 Å². The molecule has 4 rings (SSSR count). The van der Waals surface area contributed by atoms with E-state index in [-0.39, 0.29) is 6.10 Å². The van der Waals surface area contributed by atoms with Gasteiger partial charge >= 0.3 is 5.97 Å². The first kappa shape index (κ1) is 22.3. The number of oxime groups is 1. The molecule has 0 saturated carbocycles. The SMILES string of the molecule is C=CCn1cc(CN2CCC(CC3CC(c4ccccc4C)=NO3)(C(=O)O)CC2)c(C)n1. The lowest BCUT2D eigenvalue weighted by Crippen LogP contribution is -2.45. The van der Waals surface area contributed by atoms with E-state index in [0.29, 0.717) is 32.2 Å². The van der Waals surface area contributed by atoms with E-state index in [0.717, 1.165) is 42.2 Å². The van der Waals surface area contributed by atoms with E-state index in [1.54, 1.807) is 0 Å². The lowest BCUT2D eigenvalue weighted by Gasteiger charge is -2.39. The second kappa shape index (κ2) is 9.28. The summed E-state index contributed by atoms with van der Waals surface area (Å²) >= 11 is 0. The molecule has 0 amide bonds. The summed E-state index contributed by atoms with van der Waals surface area (Å²) in [6.45, 7) is 10.8. The molecule has 3 heterocycles. The minimum atomic E-state index is -0.764. The number of aliphatic carboxylic acids is 1. The van der Waals surface area contributed by atoms with E-state index in [2.05, 4.69) is 40.9 Å². The number of nitrogens with zero attached hydrogens (tertiary/aromatic N) is 4. The third-order valence-corrected chi connectivity index (χ3v) is 6.83. The third kappa shape index (κ3) is 4.63. The number of piperidine rings is 1. The highest BCUT2D eigenvalue weighted by molar-refractivity contribution is 6.02. The summed E-state index contributed by atoms with van der Waals surface area (Å²) in [6.07, 6.45) is 6.08. The van der Waals surface area contributed by atoms with Crippen molar-refractivity contribution in [2.45, 2.75) is 58.7 Å². The van der Waals surface area contributed by atoms with Crippen molar-refractivity contribution in [3.05, 3.63) is 65.5 Å². The molecule has 1 aromatic heterocycles. The fourth-order valence-electron chi connectivity index (χ4n) is 4.85. The maximum absolute atomic E-state index is 12.3. The first-order valence-electron chi connectivity index (χ1n) is 11.3. The van der Waals surface area contributed by atoms with Gasteiger partial charge in [0.1, 0.15) is 6.10 Å². The van der Waals surface area contributed by atoms with Gasteiger partial charge in [-0.15, -0.1) is 6.58 Å². The average molecular weight is 437 g/mol. The number of carboxylic acid groups (broad SMARTS) is 1. The third-order valence-electron chi connectivity index (χ3n) is 6.83. The van der Waals surface area contributed by atoms with Crippen LogP contribution >= 0.6 is 0 Å². The zero-order valence-electron chi connectivity index (χ0n) is 19.0. The number of hydrogen-bond donors (Lipinski definition) is 1. The molecule has 7 heteroatoms. The molecule has 0 aliphatic carbocycles. The molecule has 0 radical (unpaired) electrons. The van der Waals surface area contributed by atoms with E-state index >= 15 is 0 Å². The quantitative estimate of drug-likeness (QED) is 0.634. The summed E-state index contributed by atoms with van der Waals surface area (Å²) in [4.78, 5) is 20.4. The second-order valence-corrected chi connectivity index (χ2v) is 9.10.